The Hall–Kier alpha value is -3.45. The summed E-state index contributed by atoms with van der Waals surface area (Å²) in [6, 6.07) is 22.5. The van der Waals surface area contributed by atoms with E-state index in [1.165, 1.54) is 0 Å². The Morgan fingerprint density at radius 1 is 0.941 bits per heavy atom. The highest BCUT2D eigenvalue weighted by molar-refractivity contribution is 7.91. The van der Waals surface area contributed by atoms with Crippen molar-refractivity contribution in [3.05, 3.63) is 95.6 Å². The molecule has 1 unspecified atom stereocenters. The van der Waals surface area contributed by atoms with Crippen LogP contribution in [0.2, 0.25) is 0 Å². The molecule has 0 aromatic heterocycles. The number of rotatable bonds is 7. The molecule has 0 saturated carbocycles. The maximum atomic E-state index is 13.6. The molecular formula is C27H28N2O4S. The Morgan fingerprint density at radius 2 is 1.62 bits per heavy atom. The van der Waals surface area contributed by atoms with Crippen molar-refractivity contribution in [3.8, 4) is 0 Å². The van der Waals surface area contributed by atoms with Gasteiger partial charge in [-0.3, -0.25) is 9.59 Å². The first-order chi connectivity index (χ1) is 16.3. The van der Waals surface area contributed by atoms with Gasteiger partial charge in [0.05, 0.1) is 10.6 Å². The first kappa shape index (κ1) is 23.7. The van der Waals surface area contributed by atoms with Gasteiger partial charge in [0, 0.05) is 18.7 Å². The third kappa shape index (κ3) is 5.37. The van der Waals surface area contributed by atoms with Crippen LogP contribution in [-0.4, -0.2) is 32.5 Å². The van der Waals surface area contributed by atoms with Crippen LogP contribution in [0.4, 0.5) is 5.69 Å². The number of hydrogen-bond acceptors (Lipinski definition) is 4. The number of carbonyl (C=O) groups is 2. The van der Waals surface area contributed by atoms with Crippen molar-refractivity contribution < 1.29 is 18.0 Å². The molecule has 0 saturated heterocycles. The van der Waals surface area contributed by atoms with Crippen LogP contribution < -0.4 is 10.2 Å². The number of amides is 2. The Kier molecular flexibility index (Phi) is 7.12. The quantitative estimate of drug-likeness (QED) is 0.559. The number of para-hydroxylation sites is 1. The molecule has 2 amide bonds. The molecule has 176 valence electrons. The molecule has 6 nitrogen and oxygen atoms in total. The maximum absolute atomic E-state index is 13.6. The van der Waals surface area contributed by atoms with E-state index in [1.807, 2.05) is 49.4 Å². The maximum Gasteiger partial charge on any atom is 0.254 e. The summed E-state index contributed by atoms with van der Waals surface area (Å²) in [6.45, 7) is 2.45. The standard InChI is InChI=1S/C27H28N2O4S/c1-20-13-15-23(16-14-20)34(32,33)19-17-25(30)28-26(22-9-3-2-4-10-22)27(31)29-18-7-11-21-8-5-6-12-24(21)29/h2-6,8-10,12-16,26H,7,11,17-19H2,1H3,(H,28,30). The molecule has 1 N–H and O–H groups in total. The monoisotopic (exact) mass is 476 g/mol. The van der Waals surface area contributed by atoms with E-state index < -0.39 is 21.8 Å². The summed E-state index contributed by atoms with van der Waals surface area (Å²) in [5.41, 5.74) is 3.57. The lowest BCUT2D eigenvalue weighted by atomic mass is 9.99. The van der Waals surface area contributed by atoms with Gasteiger partial charge in [-0.15, -0.1) is 0 Å². The van der Waals surface area contributed by atoms with E-state index in [-0.39, 0.29) is 23.0 Å². The molecule has 1 aliphatic heterocycles. The zero-order valence-corrected chi connectivity index (χ0v) is 19.9. The fourth-order valence-corrected chi connectivity index (χ4v) is 5.42. The number of carbonyl (C=O) groups excluding carboxylic acids is 2. The largest absolute Gasteiger partial charge is 0.340 e. The predicted octanol–water partition coefficient (Wildman–Crippen LogP) is 4.00. The van der Waals surface area contributed by atoms with Crippen molar-refractivity contribution in [3.63, 3.8) is 0 Å². The van der Waals surface area contributed by atoms with Gasteiger partial charge in [-0.25, -0.2) is 8.42 Å². The number of nitrogens with zero attached hydrogens (tertiary/aromatic N) is 1. The minimum Gasteiger partial charge on any atom is -0.340 e. The van der Waals surface area contributed by atoms with Gasteiger partial charge in [-0.2, -0.15) is 0 Å². The average Bonchev–Trinajstić information content (AvgIpc) is 2.86. The van der Waals surface area contributed by atoms with Crippen molar-refractivity contribution in [2.24, 2.45) is 0 Å². The minimum atomic E-state index is -3.61. The minimum absolute atomic E-state index is 0.187. The Morgan fingerprint density at radius 3 is 2.35 bits per heavy atom. The van der Waals surface area contributed by atoms with Crippen molar-refractivity contribution in [2.45, 2.75) is 37.1 Å². The molecule has 3 aromatic carbocycles. The number of fused-ring (bicyclic) bond motifs is 1. The molecule has 0 aliphatic carbocycles. The SMILES string of the molecule is Cc1ccc(S(=O)(=O)CCC(=O)NC(C(=O)N2CCCc3ccccc32)c2ccccc2)cc1. The lowest BCUT2D eigenvalue weighted by Gasteiger charge is -2.32. The molecule has 0 fully saturated rings. The number of sulfone groups is 1. The average molecular weight is 477 g/mol. The second-order valence-electron chi connectivity index (χ2n) is 8.52. The molecule has 1 heterocycles. The zero-order valence-electron chi connectivity index (χ0n) is 19.1. The van der Waals surface area contributed by atoms with Gasteiger partial charge in [-0.05, 0) is 49.1 Å². The van der Waals surface area contributed by atoms with Crippen LogP contribution in [-0.2, 0) is 25.8 Å². The molecule has 1 atom stereocenters. The normalized spacial score (nSPS) is 14.2. The van der Waals surface area contributed by atoms with Crippen LogP contribution in [0.5, 0.6) is 0 Å². The summed E-state index contributed by atoms with van der Waals surface area (Å²) in [6.07, 6.45) is 1.51. The van der Waals surface area contributed by atoms with Crippen molar-refractivity contribution in [1.29, 1.82) is 0 Å². The third-order valence-corrected chi connectivity index (χ3v) is 7.77. The van der Waals surface area contributed by atoms with Gasteiger partial charge < -0.3 is 10.2 Å². The lowest BCUT2D eigenvalue weighted by Crippen LogP contribution is -2.45. The van der Waals surface area contributed by atoms with Crippen LogP contribution in [0, 0.1) is 6.92 Å². The highest BCUT2D eigenvalue weighted by atomic mass is 32.2. The molecule has 3 aromatic rings. The summed E-state index contributed by atoms with van der Waals surface area (Å²) >= 11 is 0. The fourth-order valence-electron chi connectivity index (χ4n) is 4.18. The topological polar surface area (TPSA) is 83.5 Å². The molecular weight excluding hydrogens is 448 g/mol. The number of hydrogen-bond donors (Lipinski definition) is 1. The fraction of sp³-hybridized carbons (Fsp3) is 0.259. The van der Waals surface area contributed by atoms with E-state index in [2.05, 4.69) is 5.32 Å². The van der Waals surface area contributed by atoms with Crippen LogP contribution in [0.1, 0.15) is 35.6 Å². The van der Waals surface area contributed by atoms with E-state index in [0.717, 1.165) is 29.7 Å². The second kappa shape index (κ2) is 10.2. The number of anilines is 1. The summed E-state index contributed by atoms with van der Waals surface area (Å²) < 4.78 is 25.3. The first-order valence-corrected chi connectivity index (χ1v) is 13.0. The molecule has 34 heavy (non-hydrogen) atoms. The summed E-state index contributed by atoms with van der Waals surface area (Å²) in [5.74, 6) is -1.04. The third-order valence-electron chi connectivity index (χ3n) is 6.04. The summed E-state index contributed by atoms with van der Waals surface area (Å²) in [5, 5.41) is 2.80. The Labute approximate surface area is 200 Å². The molecule has 0 bridgehead atoms. The number of benzene rings is 3. The van der Waals surface area contributed by atoms with Gasteiger partial charge in [0.2, 0.25) is 5.91 Å². The van der Waals surface area contributed by atoms with E-state index in [1.54, 1.807) is 41.3 Å². The van der Waals surface area contributed by atoms with E-state index in [0.29, 0.717) is 12.1 Å². The van der Waals surface area contributed by atoms with Crippen molar-refractivity contribution in [2.75, 3.05) is 17.2 Å². The number of aryl methyl sites for hydroxylation is 2. The molecule has 0 spiro atoms. The molecule has 4 rings (SSSR count). The zero-order chi connectivity index (χ0) is 24.1. The molecule has 0 radical (unpaired) electrons. The van der Waals surface area contributed by atoms with Gasteiger partial charge >= 0.3 is 0 Å². The van der Waals surface area contributed by atoms with Gasteiger partial charge in [0.15, 0.2) is 9.84 Å². The van der Waals surface area contributed by atoms with Crippen molar-refractivity contribution in [1.82, 2.24) is 5.32 Å². The van der Waals surface area contributed by atoms with Gasteiger partial charge in [-0.1, -0.05) is 66.2 Å². The number of nitrogens with one attached hydrogen (secondary N) is 1. The summed E-state index contributed by atoms with van der Waals surface area (Å²) in [7, 11) is -3.61. The van der Waals surface area contributed by atoms with E-state index in [9.17, 15) is 18.0 Å². The smallest absolute Gasteiger partial charge is 0.254 e. The highest BCUT2D eigenvalue weighted by Gasteiger charge is 2.31. The van der Waals surface area contributed by atoms with Gasteiger partial charge in [0.25, 0.3) is 5.91 Å². The highest BCUT2D eigenvalue weighted by Crippen LogP contribution is 2.29. The van der Waals surface area contributed by atoms with Crippen LogP contribution in [0.25, 0.3) is 0 Å². The lowest BCUT2D eigenvalue weighted by molar-refractivity contribution is -0.127. The van der Waals surface area contributed by atoms with Crippen molar-refractivity contribution >= 4 is 27.3 Å². The Balaban J connectivity index is 1.52. The van der Waals surface area contributed by atoms with Gasteiger partial charge in [0.1, 0.15) is 6.04 Å². The van der Waals surface area contributed by atoms with E-state index in [4.69, 9.17) is 0 Å². The van der Waals surface area contributed by atoms with E-state index >= 15 is 0 Å². The Bertz CT molecular complexity index is 1270. The summed E-state index contributed by atoms with van der Waals surface area (Å²) in [4.78, 5) is 28.4. The van der Waals surface area contributed by atoms with Crippen LogP contribution in [0.15, 0.2) is 83.8 Å². The predicted molar refractivity (Wildman–Crippen MR) is 132 cm³/mol. The molecule has 7 heteroatoms. The molecule has 1 aliphatic rings. The van der Waals surface area contributed by atoms with Crippen LogP contribution in [0.3, 0.4) is 0 Å². The second-order valence-corrected chi connectivity index (χ2v) is 10.6. The van der Waals surface area contributed by atoms with Crippen LogP contribution >= 0.6 is 0 Å². The first-order valence-electron chi connectivity index (χ1n) is 11.4.